The maximum atomic E-state index is 11.1. The van der Waals surface area contributed by atoms with E-state index in [2.05, 4.69) is 16.9 Å². The highest BCUT2D eigenvalue weighted by atomic mass is 16.4. The standard InChI is InChI=1S/C13H17N3O2/c1-16(8-13(14)4-5-13)7-9-2-3-11-10(6-9)15-12(17)18-11/h2-3,6H,4-5,7-8,14H2,1H3,(H,15,17). The second kappa shape index (κ2) is 3.96. The Morgan fingerprint density at radius 3 is 3.00 bits per heavy atom. The molecule has 0 radical (unpaired) electrons. The van der Waals surface area contributed by atoms with Gasteiger partial charge in [0.05, 0.1) is 5.52 Å². The van der Waals surface area contributed by atoms with E-state index in [1.165, 1.54) is 0 Å². The first-order valence-electron chi connectivity index (χ1n) is 6.13. The minimum Gasteiger partial charge on any atom is -0.408 e. The van der Waals surface area contributed by atoms with Crippen molar-refractivity contribution in [3.63, 3.8) is 0 Å². The lowest BCUT2D eigenvalue weighted by molar-refractivity contribution is 0.296. The molecule has 1 aromatic heterocycles. The fraction of sp³-hybridized carbons (Fsp3) is 0.462. The maximum Gasteiger partial charge on any atom is 0.417 e. The second-order valence-electron chi connectivity index (χ2n) is 5.38. The van der Waals surface area contributed by atoms with Crippen molar-refractivity contribution in [3.05, 3.63) is 34.3 Å². The van der Waals surface area contributed by atoms with Gasteiger partial charge in [0.25, 0.3) is 0 Å². The molecule has 0 spiro atoms. The average molecular weight is 247 g/mol. The van der Waals surface area contributed by atoms with E-state index in [9.17, 15) is 4.79 Å². The van der Waals surface area contributed by atoms with Crippen molar-refractivity contribution in [2.45, 2.75) is 24.9 Å². The zero-order valence-corrected chi connectivity index (χ0v) is 10.4. The van der Waals surface area contributed by atoms with Crippen molar-refractivity contribution in [1.82, 2.24) is 9.88 Å². The molecule has 5 heteroatoms. The Labute approximate surface area is 105 Å². The van der Waals surface area contributed by atoms with Gasteiger partial charge in [-0.2, -0.15) is 0 Å². The summed E-state index contributed by atoms with van der Waals surface area (Å²) in [5.41, 5.74) is 8.62. The summed E-state index contributed by atoms with van der Waals surface area (Å²) in [6.07, 6.45) is 2.23. The minimum atomic E-state index is -0.408. The van der Waals surface area contributed by atoms with E-state index in [0.717, 1.165) is 37.0 Å². The van der Waals surface area contributed by atoms with Gasteiger partial charge in [0.1, 0.15) is 0 Å². The highest BCUT2D eigenvalue weighted by Crippen LogP contribution is 2.32. The lowest BCUT2D eigenvalue weighted by Gasteiger charge is -2.20. The topological polar surface area (TPSA) is 75.3 Å². The summed E-state index contributed by atoms with van der Waals surface area (Å²) in [6, 6.07) is 5.75. The molecule has 1 aromatic carbocycles. The van der Waals surface area contributed by atoms with Crippen LogP contribution in [0.2, 0.25) is 0 Å². The third kappa shape index (κ3) is 2.32. The number of benzene rings is 1. The van der Waals surface area contributed by atoms with Crippen molar-refractivity contribution in [1.29, 1.82) is 0 Å². The molecule has 1 aliphatic carbocycles. The SMILES string of the molecule is CN(Cc1ccc2oc(=O)[nH]c2c1)CC1(N)CC1. The number of nitrogens with zero attached hydrogens (tertiary/aromatic N) is 1. The summed E-state index contributed by atoms with van der Waals surface area (Å²) in [5, 5.41) is 0. The van der Waals surface area contributed by atoms with Gasteiger partial charge in [-0.25, -0.2) is 4.79 Å². The van der Waals surface area contributed by atoms with Crippen LogP contribution in [0.25, 0.3) is 11.1 Å². The van der Waals surface area contributed by atoms with Crippen molar-refractivity contribution in [3.8, 4) is 0 Å². The van der Waals surface area contributed by atoms with Gasteiger partial charge in [-0.3, -0.25) is 4.98 Å². The Hall–Kier alpha value is -1.59. The summed E-state index contributed by atoms with van der Waals surface area (Å²) in [6.45, 7) is 1.73. The number of likely N-dealkylation sites (N-methyl/N-ethyl adjacent to an activating group) is 1. The molecule has 0 unspecified atom stereocenters. The molecule has 1 saturated carbocycles. The highest BCUT2D eigenvalue weighted by Gasteiger charge is 2.38. The first-order valence-corrected chi connectivity index (χ1v) is 6.13. The van der Waals surface area contributed by atoms with E-state index in [1.807, 2.05) is 18.2 Å². The van der Waals surface area contributed by atoms with Crippen molar-refractivity contribution in [2.24, 2.45) is 5.73 Å². The number of nitrogens with two attached hydrogens (primary N) is 1. The van der Waals surface area contributed by atoms with Crippen LogP contribution in [-0.4, -0.2) is 29.0 Å². The Morgan fingerprint density at radius 1 is 1.50 bits per heavy atom. The van der Waals surface area contributed by atoms with Crippen LogP contribution in [0.5, 0.6) is 0 Å². The monoisotopic (exact) mass is 247 g/mol. The number of hydrogen-bond donors (Lipinski definition) is 2. The molecular formula is C13H17N3O2. The first kappa shape index (κ1) is 11.5. The Bertz CT molecular complexity index is 624. The normalized spacial score (nSPS) is 17.5. The molecule has 0 saturated heterocycles. The number of nitrogens with one attached hydrogen (secondary N) is 1. The summed E-state index contributed by atoms with van der Waals surface area (Å²) in [7, 11) is 2.06. The van der Waals surface area contributed by atoms with Crippen LogP contribution in [0.4, 0.5) is 0 Å². The van der Waals surface area contributed by atoms with Crippen molar-refractivity contribution in [2.75, 3.05) is 13.6 Å². The van der Waals surface area contributed by atoms with Gasteiger partial charge in [-0.15, -0.1) is 0 Å². The van der Waals surface area contributed by atoms with E-state index in [0.29, 0.717) is 5.58 Å². The number of rotatable bonds is 4. The van der Waals surface area contributed by atoms with Gasteiger partial charge in [0.2, 0.25) is 0 Å². The number of fused-ring (bicyclic) bond motifs is 1. The van der Waals surface area contributed by atoms with Gasteiger partial charge in [-0.05, 0) is 37.6 Å². The van der Waals surface area contributed by atoms with Crippen LogP contribution in [-0.2, 0) is 6.54 Å². The summed E-state index contributed by atoms with van der Waals surface area (Å²) in [4.78, 5) is 16.0. The second-order valence-corrected chi connectivity index (χ2v) is 5.38. The molecule has 1 heterocycles. The largest absolute Gasteiger partial charge is 0.417 e. The molecule has 3 N–H and O–H groups in total. The third-order valence-corrected chi connectivity index (χ3v) is 3.41. The van der Waals surface area contributed by atoms with E-state index < -0.39 is 5.76 Å². The molecule has 0 bridgehead atoms. The lowest BCUT2D eigenvalue weighted by Crippen LogP contribution is -2.36. The average Bonchev–Trinajstić information content (AvgIpc) is 2.88. The molecule has 1 aliphatic rings. The van der Waals surface area contributed by atoms with Crippen LogP contribution >= 0.6 is 0 Å². The summed E-state index contributed by atoms with van der Waals surface area (Å²) in [5.74, 6) is -0.408. The van der Waals surface area contributed by atoms with E-state index in [4.69, 9.17) is 10.2 Å². The zero-order valence-electron chi connectivity index (χ0n) is 10.4. The predicted octanol–water partition coefficient (Wildman–Crippen LogP) is 1.04. The van der Waals surface area contributed by atoms with Gasteiger partial charge >= 0.3 is 5.76 Å². The fourth-order valence-corrected chi connectivity index (χ4v) is 2.32. The molecule has 18 heavy (non-hydrogen) atoms. The van der Waals surface area contributed by atoms with Gasteiger partial charge in [0, 0.05) is 18.6 Å². The Morgan fingerprint density at radius 2 is 2.28 bits per heavy atom. The number of hydrogen-bond acceptors (Lipinski definition) is 4. The third-order valence-electron chi connectivity index (χ3n) is 3.41. The maximum absolute atomic E-state index is 11.1. The molecule has 2 aromatic rings. The van der Waals surface area contributed by atoms with E-state index >= 15 is 0 Å². The molecule has 96 valence electrons. The predicted molar refractivity (Wildman–Crippen MR) is 69.3 cm³/mol. The number of aromatic nitrogens is 1. The van der Waals surface area contributed by atoms with E-state index in [-0.39, 0.29) is 5.54 Å². The summed E-state index contributed by atoms with van der Waals surface area (Å²) < 4.78 is 4.97. The van der Waals surface area contributed by atoms with Gasteiger partial charge in [0.15, 0.2) is 5.58 Å². The molecule has 0 amide bonds. The molecule has 1 fully saturated rings. The van der Waals surface area contributed by atoms with Crippen LogP contribution < -0.4 is 11.5 Å². The van der Waals surface area contributed by atoms with Crippen LogP contribution in [0.15, 0.2) is 27.4 Å². The molecular weight excluding hydrogens is 230 g/mol. The minimum absolute atomic E-state index is 0.0306. The zero-order chi connectivity index (χ0) is 12.8. The number of H-pyrrole nitrogens is 1. The lowest BCUT2D eigenvalue weighted by atomic mass is 10.2. The quantitative estimate of drug-likeness (QED) is 0.846. The number of aromatic amines is 1. The highest BCUT2D eigenvalue weighted by molar-refractivity contribution is 5.72. The van der Waals surface area contributed by atoms with Gasteiger partial charge < -0.3 is 15.1 Å². The van der Waals surface area contributed by atoms with Crippen LogP contribution in [0.1, 0.15) is 18.4 Å². The molecule has 0 aliphatic heterocycles. The molecule has 0 atom stereocenters. The van der Waals surface area contributed by atoms with Crippen LogP contribution in [0.3, 0.4) is 0 Å². The van der Waals surface area contributed by atoms with Crippen molar-refractivity contribution < 1.29 is 4.42 Å². The Balaban J connectivity index is 1.75. The first-order chi connectivity index (χ1) is 8.54. The number of oxazole rings is 1. The summed E-state index contributed by atoms with van der Waals surface area (Å²) >= 11 is 0. The molecule has 3 rings (SSSR count). The van der Waals surface area contributed by atoms with Crippen LogP contribution in [0, 0.1) is 0 Å². The molecule has 5 nitrogen and oxygen atoms in total. The van der Waals surface area contributed by atoms with E-state index in [1.54, 1.807) is 0 Å². The fourth-order valence-electron chi connectivity index (χ4n) is 2.32. The smallest absolute Gasteiger partial charge is 0.408 e. The Kier molecular flexibility index (Phi) is 2.53. The van der Waals surface area contributed by atoms with Gasteiger partial charge in [-0.1, -0.05) is 6.07 Å². The van der Waals surface area contributed by atoms with Crippen molar-refractivity contribution >= 4 is 11.1 Å².